The zero-order valence-electron chi connectivity index (χ0n) is 4.78. The Balaban J connectivity index is 0. The van der Waals surface area contributed by atoms with E-state index in [1.807, 2.05) is 13.8 Å². The second kappa shape index (κ2) is 5.56. The Kier molecular flexibility index (Phi) is 9.03. The van der Waals surface area contributed by atoms with Crippen LogP contribution in [0.3, 0.4) is 0 Å². The van der Waals surface area contributed by atoms with E-state index in [2.05, 4.69) is 0 Å². The molecule has 1 nitrogen and oxygen atoms in total. The van der Waals surface area contributed by atoms with Crippen LogP contribution in [-0.4, -0.2) is 6.04 Å². The largest absolute Gasteiger partial charge is 1.00 e. The molecule has 32 valence electrons. The summed E-state index contributed by atoms with van der Waals surface area (Å²) in [5, 5.41) is 0. The van der Waals surface area contributed by atoms with Crippen LogP contribution in [0.15, 0.2) is 0 Å². The predicted octanol–water partition coefficient (Wildman–Crippen LogP) is -1.16. The standard InChI is InChI=1S/C4H10N.Li/c1-3-4(2)5;/h4-5H,3H2,1-2H3;/q-1;+1. The number of rotatable bonds is 1. The van der Waals surface area contributed by atoms with E-state index in [1.165, 1.54) is 0 Å². The fourth-order valence-electron chi connectivity index (χ4n) is 0. The van der Waals surface area contributed by atoms with E-state index in [-0.39, 0.29) is 24.9 Å². The van der Waals surface area contributed by atoms with Crippen LogP contribution in [0.5, 0.6) is 0 Å². The molecule has 2 heteroatoms. The smallest absolute Gasteiger partial charge is 0.675 e. The van der Waals surface area contributed by atoms with Crippen LogP contribution in [0.2, 0.25) is 0 Å². The van der Waals surface area contributed by atoms with Crippen LogP contribution in [-0.2, 0) is 0 Å². The van der Waals surface area contributed by atoms with Crippen molar-refractivity contribution in [2.75, 3.05) is 0 Å². The van der Waals surface area contributed by atoms with Gasteiger partial charge in [0.05, 0.1) is 0 Å². The normalized spacial score (nSPS) is 12.5. The Morgan fingerprint density at radius 3 is 1.83 bits per heavy atom. The molecule has 0 heterocycles. The summed E-state index contributed by atoms with van der Waals surface area (Å²) >= 11 is 0. The van der Waals surface area contributed by atoms with Gasteiger partial charge in [0.25, 0.3) is 0 Å². The monoisotopic (exact) mass is 79.1 g/mol. The molecule has 0 saturated carbocycles. The summed E-state index contributed by atoms with van der Waals surface area (Å²) in [6, 6.07) is 0.134. The van der Waals surface area contributed by atoms with Gasteiger partial charge >= 0.3 is 18.9 Å². The molecule has 6 heavy (non-hydrogen) atoms. The van der Waals surface area contributed by atoms with Gasteiger partial charge in [0, 0.05) is 0 Å². The van der Waals surface area contributed by atoms with E-state index >= 15 is 0 Å². The van der Waals surface area contributed by atoms with Crippen molar-refractivity contribution in [3.05, 3.63) is 5.73 Å². The fourth-order valence-corrected chi connectivity index (χ4v) is 0. The van der Waals surface area contributed by atoms with E-state index in [4.69, 9.17) is 5.73 Å². The van der Waals surface area contributed by atoms with Crippen LogP contribution >= 0.6 is 0 Å². The predicted molar refractivity (Wildman–Crippen MR) is 24.1 cm³/mol. The zero-order valence-corrected chi connectivity index (χ0v) is 4.78. The SMILES string of the molecule is CCC(C)[NH-].[Li+]. The van der Waals surface area contributed by atoms with Crippen LogP contribution in [0.4, 0.5) is 0 Å². The minimum absolute atomic E-state index is 0. The van der Waals surface area contributed by atoms with Gasteiger partial charge in [-0.3, -0.25) is 0 Å². The van der Waals surface area contributed by atoms with Crippen molar-refractivity contribution in [3.8, 4) is 0 Å². The second-order valence-corrected chi connectivity index (χ2v) is 1.31. The van der Waals surface area contributed by atoms with Crippen molar-refractivity contribution in [1.82, 2.24) is 0 Å². The summed E-state index contributed by atoms with van der Waals surface area (Å²) in [7, 11) is 0. The summed E-state index contributed by atoms with van der Waals surface area (Å²) in [5.41, 5.74) is 6.83. The van der Waals surface area contributed by atoms with Crippen molar-refractivity contribution in [2.45, 2.75) is 26.3 Å². The summed E-state index contributed by atoms with van der Waals surface area (Å²) < 4.78 is 0. The van der Waals surface area contributed by atoms with Gasteiger partial charge in [-0.05, 0) is 0 Å². The molecule has 1 N–H and O–H groups in total. The summed E-state index contributed by atoms with van der Waals surface area (Å²) in [4.78, 5) is 0. The van der Waals surface area contributed by atoms with Crippen LogP contribution in [0.25, 0.3) is 5.73 Å². The van der Waals surface area contributed by atoms with E-state index in [0.717, 1.165) is 6.42 Å². The summed E-state index contributed by atoms with van der Waals surface area (Å²) in [6.45, 7) is 3.90. The number of hydrogen-bond acceptors (Lipinski definition) is 0. The summed E-state index contributed by atoms with van der Waals surface area (Å²) in [5.74, 6) is 0. The van der Waals surface area contributed by atoms with Crippen LogP contribution in [0.1, 0.15) is 20.3 Å². The van der Waals surface area contributed by atoms with Gasteiger partial charge in [-0.25, -0.2) is 0 Å². The third-order valence-corrected chi connectivity index (χ3v) is 0.612. The Labute approximate surface area is 51.5 Å². The van der Waals surface area contributed by atoms with E-state index in [1.54, 1.807) is 0 Å². The van der Waals surface area contributed by atoms with Gasteiger partial charge in [-0.1, -0.05) is 20.3 Å². The summed E-state index contributed by atoms with van der Waals surface area (Å²) in [6.07, 6.45) is 0.972. The minimum Gasteiger partial charge on any atom is -0.675 e. The Bertz CT molecular complexity index is 21.5. The zero-order chi connectivity index (χ0) is 4.28. The fraction of sp³-hybridized carbons (Fsp3) is 1.00. The average molecular weight is 79.1 g/mol. The maximum Gasteiger partial charge on any atom is 1.00 e. The third-order valence-electron chi connectivity index (χ3n) is 0.612. The van der Waals surface area contributed by atoms with Gasteiger partial charge < -0.3 is 5.73 Å². The van der Waals surface area contributed by atoms with E-state index in [0.29, 0.717) is 0 Å². The molecule has 0 bridgehead atoms. The van der Waals surface area contributed by atoms with Crippen molar-refractivity contribution in [1.29, 1.82) is 0 Å². The molecular formula is C4H10LiN. The van der Waals surface area contributed by atoms with Gasteiger partial charge in [0.15, 0.2) is 0 Å². The molecule has 0 amide bonds. The van der Waals surface area contributed by atoms with Crippen LogP contribution in [0, 0.1) is 0 Å². The Morgan fingerprint density at radius 2 is 1.83 bits per heavy atom. The van der Waals surface area contributed by atoms with Crippen molar-refractivity contribution < 1.29 is 18.9 Å². The first-order chi connectivity index (χ1) is 2.27. The average Bonchev–Trinajstić information content (AvgIpc) is 1.38. The Hall–Kier alpha value is 0.557. The third kappa shape index (κ3) is 8.82. The molecule has 0 aliphatic carbocycles. The number of nitrogens with one attached hydrogen (secondary N) is 1. The Morgan fingerprint density at radius 1 is 1.67 bits per heavy atom. The molecule has 0 aromatic carbocycles. The molecule has 1 atom stereocenters. The van der Waals surface area contributed by atoms with Gasteiger partial charge in [0.2, 0.25) is 0 Å². The maximum atomic E-state index is 6.83. The van der Waals surface area contributed by atoms with Crippen molar-refractivity contribution in [2.24, 2.45) is 0 Å². The molecule has 0 aromatic heterocycles. The molecule has 0 spiro atoms. The van der Waals surface area contributed by atoms with E-state index in [9.17, 15) is 0 Å². The first-order valence-electron chi connectivity index (χ1n) is 1.98. The maximum absolute atomic E-state index is 6.83. The quantitative estimate of drug-likeness (QED) is 0.354. The van der Waals surface area contributed by atoms with Crippen LogP contribution < -0.4 is 18.9 Å². The molecule has 1 unspecified atom stereocenters. The molecule has 0 aliphatic heterocycles. The molecule has 0 aliphatic rings. The van der Waals surface area contributed by atoms with Crippen molar-refractivity contribution in [3.63, 3.8) is 0 Å². The van der Waals surface area contributed by atoms with Gasteiger partial charge in [0.1, 0.15) is 0 Å². The van der Waals surface area contributed by atoms with Crippen molar-refractivity contribution >= 4 is 0 Å². The molecule has 0 aromatic rings. The van der Waals surface area contributed by atoms with Gasteiger partial charge in [-0.15, -0.1) is 6.04 Å². The molecule has 0 saturated heterocycles. The minimum atomic E-state index is 0. The van der Waals surface area contributed by atoms with Gasteiger partial charge in [-0.2, -0.15) is 0 Å². The molecule has 0 fully saturated rings. The van der Waals surface area contributed by atoms with E-state index < -0.39 is 0 Å². The first kappa shape index (κ1) is 9.75. The molecule has 0 rings (SSSR count). The molecule has 0 radical (unpaired) electrons. The number of hydrogen-bond donors (Lipinski definition) is 0. The molecular weight excluding hydrogens is 69.0 g/mol. The topological polar surface area (TPSA) is 23.8 Å². The second-order valence-electron chi connectivity index (χ2n) is 1.31. The first-order valence-corrected chi connectivity index (χ1v) is 1.98.